The predicted molar refractivity (Wildman–Crippen MR) is 103 cm³/mol. The summed E-state index contributed by atoms with van der Waals surface area (Å²) in [6.07, 6.45) is 1.44. The molecule has 2 aromatic carbocycles. The van der Waals surface area contributed by atoms with E-state index in [1.54, 1.807) is 18.2 Å². The Morgan fingerprint density at radius 1 is 1.31 bits per heavy atom. The SMILES string of the molecule is COc1cc(/C=N\NC(=O)c2cc(Br)c(O)c(Br)c2)ccc1OCC#N. The number of rotatable bonds is 6. The highest BCUT2D eigenvalue weighted by molar-refractivity contribution is 9.11. The molecular weight excluding hydrogens is 470 g/mol. The van der Waals surface area contributed by atoms with Gasteiger partial charge in [0.15, 0.2) is 18.1 Å². The molecule has 0 aliphatic heterocycles. The molecule has 2 N–H and O–H groups in total. The quantitative estimate of drug-likeness (QED) is 0.483. The Balaban J connectivity index is 2.08. The van der Waals surface area contributed by atoms with E-state index in [1.165, 1.54) is 25.5 Å². The van der Waals surface area contributed by atoms with Gasteiger partial charge in [0, 0.05) is 5.56 Å². The van der Waals surface area contributed by atoms with E-state index in [4.69, 9.17) is 14.7 Å². The molecule has 2 rings (SSSR count). The van der Waals surface area contributed by atoms with Crippen LogP contribution in [0.4, 0.5) is 0 Å². The molecule has 134 valence electrons. The second-order valence-electron chi connectivity index (χ2n) is 4.84. The molecule has 0 fully saturated rings. The summed E-state index contributed by atoms with van der Waals surface area (Å²) in [5, 5.41) is 22.1. The number of carbonyl (C=O) groups is 1. The molecule has 0 radical (unpaired) electrons. The van der Waals surface area contributed by atoms with Gasteiger partial charge in [-0.1, -0.05) is 0 Å². The number of carbonyl (C=O) groups excluding carboxylic acids is 1. The summed E-state index contributed by atoms with van der Waals surface area (Å²) in [6, 6.07) is 9.86. The van der Waals surface area contributed by atoms with Crippen molar-refractivity contribution >= 4 is 44.0 Å². The number of benzene rings is 2. The summed E-state index contributed by atoms with van der Waals surface area (Å²) < 4.78 is 11.2. The molecule has 0 aliphatic carbocycles. The fourth-order valence-electron chi connectivity index (χ4n) is 1.92. The summed E-state index contributed by atoms with van der Waals surface area (Å²) in [4.78, 5) is 12.1. The van der Waals surface area contributed by atoms with Crippen LogP contribution in [0.2, 0.25) is 0 Å². The van der Waals surface area contributed by atoms with Crippen molar-refractivity contribution in [3.8, 4) is 23.3 Å². The second-order valence-corrected chi connectivity index (χ2v) is 6.55. The number of aromatic hydroxyl groups is 1. The van der Waals surface area contributed by atoms with Crippen LogP contribution < -0.4 is 14.9 Å². The van der Waals surface area contributed by atoms with E-state index in [9.17, 15) is 9.90 Å². The first-order valence-corrected chi connectivity index (χ1v) is 8.74. The van der Waals surface area contributed by atoms with Crippen molar-refractivity contribution in [2.45, 2.75) is 0 Å². The molecule has 1 amide bonds. The van der Waals surface area contributed by atoms with Gasteiger partial charge in [0.25, 0.3) is 5.91 Å². The largest absolute Gasteiger partial charge is 0.506 e. The van der Waals surface area contributed by atoms with Crippen LogP contribution >= 0.6 is 31.9 Å². The van der Waals surface area contributed by atoms with Gasteiger partial charge in [0.05, 0.1) is 22.3 Å². The number of amides is 1. The molecule has 0 saturated carbocycles. The molecular formula is C17H13Br2N3O4. The number of hydrazone groups is 1. The van der Waals surface area contributed by atoms with Gasteiger partial charge in [-0.25, -0.2) is 5.43 Å². The standard InChI is InChI=1S/C17H13Br2N3O4/c1-25-15-6-10(2-3-14(15)26-5-4-20)9-21-22-17(24)11-7-12(18)16(23)13(19)8-11/h2-3,6-9,23H,5H2,1H3,(H,22,24)/b21-9-. The third-order valence-electron chi connectivity index (χ3n) is 3.14. The van der Waals surface area contributed by atoms with Crippen LogP contribution in [0.5, 0.6) is 17.2 Å². The Morgan fingerprint density at radius 2 is 2.00 bits per heavy atom. The Labute approximate surface area is 166 Å². The summed E-state index contributed by atoms with van der Waals surface area (Å²) in [5.41, 5.74) is 3.38. The molecule has 0 bridgehead atoms. The highest BCUT2D eigenvalue weighted by Gasteiger charge is 2.11. The van der Waals surface area contributed by atoms with Crippen molar-refractivity contribution < 1.29 is 19.4 Å². The zero-order valence-corrected chi connectivity index (χ0v) is 16.7. The predicted octanol–water partition coefficient (Wildman–Crippen LogP) is 3.59. The minimum Gasteiger partial charge on any atom is -0.506 e. The number of ether oxygens (including phenoxy) is 2. The van der Waals surface area contributed by atoms with Gasteiger partial charge >= 0.3 is 0 Å². The number of phenolic OH excluding ortho intramolecular Hbond substituents is 1. The summed E-state index contributed by atoms with van der Waals surface area (Å²) >= 11 is 6.33. The third kappa shape index (κ3) is 4.97. The highest BCUT2D eigenvalue weighted by atomic mass is 79.9. The number of nitriles is 1. The fraction of sp³-hybridized carbons (Fsp3) is 0.118. The van der Waals surface area contributed by atoms with Crippen LogP contribution in [0.3, 0.4) is 0 Å². The second kappa shape index (κ2) is 9.22. The maximum atomic E-state index is 12.1. The first-order chi connectivity index (χ1) is 12.5. The molecule has 0 unspecified atom stereocenters. The maximum Gasteiger partial charge on any atom is 0.271 e. The van der Waals surface area contributed by atoms with Crippen molar-refractivity contribution in [2.75, 3.05) is 13.7 Å². The van der Waals surface area contributed by atoms with Crippen molar-refractivity contribution in [1.29, 1.82) is 5.26 Å². The van der Waals surface area contributed by atoms with E-state index in [2.05, 4.69) is 42.4 Å². The molecule has 2 aromatic rings. The van der Waals surface area contributed by atoms with Crippen LogP contribution in [0, 0.1) is 11.3 Å². The van der Waals surface area contributed by atoms with Crippen LogP contribution in [0.25, 0.3) is 0 Å². The Bertz CT molecular complexity index is 871. The van der Waals surface area contributed by atoms with Crippen LogP contribution in [-0.4, -0.2) is 30.9 Å². The Morgan fingerprint density at radius 3 is 2.62 bits per heavy atom. The molecule has 0 heterocycles. The average molecular weight is 483 g/mol. The van der Waals surface area contributed by atoms with Crippen LogP contribution in [0.15, 0.2) is 44.4 Å². The Kier molecular flexibility index (Phi) is 7.00. The molecule has 0 saturated heterocycles. The number of halogens is 2. The van der Waals surface area contributed by atoms with Crippen LogP contribution in [0.1, 0.15) is 15.9 Å². The van der Waals surface area contributed by atoms with Gasteiger partial charge in [0.1, 0.15) is 11.8 Å². The third-order valence-corrected chi connectivity index (χ3v) is 4.35. The molecule has 0 spiro atoms. The molecule has 0 aromatic heterocycles. The van der Waals surface area contributed by atoms with E-state index >= 15 is 0 Å². The van der Waals surface area contributed by atoms with Gasteiger partial charge in [0.2, 0.25) is 0 Å². The van der Waals surface area contributed by atoms with Crippen molar-refractivity contribution in [3.05, 3.63) is 50.4 Å². The van der Waals surface area contributed by atoms with E-state index in [1.807, 2.05) is 6.07 Å². The maximum absolute atomic E-state index is 12.1. The van der Waals surface area contributed by atoms with Gasteiger partial charge in [-0.2, -0.15) is 10.4 Å². The lowest BCUT2D eigenvalue weighted by Gasteiger charge is -2.08. The first kappa shape index (κ1) is 19.8. The highest BCUT2D eigenvalue weighted by Crippen LogP contribution is 2.33. The summed E-state index contributed by atoms with van der Waals surface area (Å²) in [6.45, 7) is -0.0857. The minimum absolute atomic E-state index is 0.0100. The zero-order chi connectivity index (χ0) is 19.1. The molecule has 0 aliphatic rings. The normalized spacial score (nSPS) is 10.4. The van der Waals surface area contributed by atoms with Gasteiger partial charge < -0.3 is 14.6 Å². The smallest absolute Gasteiger partial charge is 0.271 e. The first-order valence-electron chi connectivity index (χ1n) is 7.15. The number of hydrogen-bond acceptors (Lipinski definition) is 6. The summed E-state index contributed by atoms with van der Waals surface area (Å²) in [5.74, 6) is 0.454. The van der Waals surface area contributed by atoms with Gasteiger partial charge in [-0.3, -0.25) is 4.79 Å². The summed E-state index contributed by atoms with van der Waals surface area (Å²) in [7, 11) is 1.48. The topological polar surface area (TPSA) is 104 Å². The fourth-order valence-corrected chi connectivity index (χ4v) is 3.11. The molecule has 9 heteroatoms. The lowest BCUT2D eigenvalue weighted by Crippen LogP contribution is -2.17. The van der Waals surface area contributed by atoms with Gasteiger partial charge in [-0.05, 0) is 67.8 Å². The van der Waals surface area contributed by atoms with E-state index in [-0.39, 0.29) is 12.4 Å². The van der Waals surface area contributed by atoms with Crippen LogP contribution in [-0.2, 0) is 0 Å². The van der Waals surface area contributed by atoms with E-state index < -0.39 is 5.91 Å². The lowest BCUT2D eigenvalue weighted by atomic mass is 10.2. The number of hydrogen-bond donors (Lipinski definition) is 2. The van der Waals surface area contributed by atoms with E-state index in [0.29, 0.717) is 31.6 Å². The number of nitrogens with one attached hydrogen (secondary N) is 1. The number of nitrogens with zero attached hydrogens (tertiary/aromatic N) is 2. The molecule has 7 nitrogen and oxygen atoms in total. The molecule has 26 heavy (non-hydrogen) atoms. The number of methoxy groups -OCH3 is 1. The monoisotopic (exact) mass is 481 g/mol. The zero-order valence-electron chi connectivity index (χ0n) is 13.5. The van der Waals surface area contributed by atoms with Crippen molar-refractivity contribution in [1.82, 2.24) is 5.43 Å². The lowest BCUT2D eigenvalue weighted by molar-refractivity contribution is 0.0955. The van der Waals surface area contributed by atoms with E-state index in [0.717, 1.165) is 0 Å². The van der Waals surface area contributed by atoms with Gasteiger partial charge in [-0.15, -0.1) is 0 Å². The minimum atomic E-state index is -0.441. The average Bonchev–Trinajstić information content (AvgIpc) is 2.64. The van der Waals surface area contributed by atoms with Crippen molar-refractivity contribution in [3.63, 3.8) is 0 Å². The molecule has 0 atom stereocenters. The number of phenols is 1. The van der Waals surface area contributed by atoms with Crippen molar-refractivity contribution in [2.24, 2.45) is 5.10 Å². The Hall–Kier alpha value is -2.57.